The molecule has 0 fully saturated rings. The summed E-state index contributed by atoms with van der Waals surface area (Å²) in [4.78, 5) is 13.9. The molecular formula is C18H31ClN2O2. The maximum Gasteiger partial charge on any atom is 0.236 e. The fraction of sp³-hybridized carbons (Fsp3) is 0.611. The van der Waals surface area contributed by atoms with Crippen LogP contribution in [0.25, 0.3) is 0 Å². The first-order valence-corrected chi connectivity index (χ1v) is 8.12. The number of likely N-dealkylation sites (N-methyl/N-ethyl adjacent to an activating group) is 1. The molecule has 132 valence electrons. The molecule has 0 spiro atoms. The van der Waals surface area contributed by atoms with Crippen LogP contribution in [0.5, 0.6) is 5.75 Å². The Hall–Kier alpha value is -1.26. The molecule has 0 saturated heterocycles. The molecule has 1 rings (SSSR count). The van der Waals surface area contributed by atoms with Crippen molar-refractivity contribution in [1.29, 1.82) is 0 Å². The van der Waals surface area contributed by atoms with Crippen LogP contribution in [-0.2, 0) is 4.79 Å². The fourth-order valence-corrected chi connectivity index (χ4v) is 2.21. The number of nitrogens with one attached hydrogen (secondary N) is 1. The Morgan fingerprint density at radius 3 is 2.48 bits per heavy atom. The van der Waals surface area contributed by atoms with Gasteiger partial charge in [-0.15, -0.1) is 12.4 Å². The number of hydrogen-bond donors (Lipinski definition) is 1. The molecule has 1 N–H and O–H groups in total. The van der Waals surface area contributed by atoms with Gasteiger partial charge in [-0.05, 0) is 44.9 Å². The summed E-state index contributed by atoms with van der Waals surface area (Å²) in [6, 6.07) is 6.15. The number of rotatable bonds is 9. The number of ether oxygens (including phenoxy) is 1. The first-order chi connectivity index (χ1) is 10.5. The molecule has 1 aromatic carbocycles. The maximum atomic E-state index is 12.1. The van der Waals surface area contributed by atoms with Gasteiger partial charge in [0, 0.05) is 7.05 Å². The quantitative estimate of drug-likeness (QED) is 0.700. The van der Waals surface area contributed by atoms with Crippen molar-refractivity contribution < 1.29 is 9.53 Å². The molecule has 0 aromatic heterocycles. The van der Waals surface area contributed by atoms with Gasteiger partial charge in [0.2, 0.25) is 5.91 Å². The second kappa shape index (κ2) is 11.3. The zero-order chi connectivity index (χ0) is 16.5. The third-order valence-corrected chi connectivity index (χ3v) is 3.92. The smallest absolute Gasteiger partial charge is 0.236 e. The highest BCUT2D eigenvalue weighted by atomic mass is 35.5. The highest BCUT2D eigenvalue weighted by Gasteiger charge is 2.16. The molecule has 0 aliphatic rings. The van der Waals surface area contributed by atoms with Gasteiger partial charge in [0.25, 0.3) is 0 Å². The predicted octanol–water partition coefficient (Wildman–Crippen LogP) is 3.34. The third kappa shape index (κ3) is 7.23. The lowest BCUT2D eigenvalue weighted by Gasteiger charge is -2.26. The van der Waals surface area contributed by atoms with Crippen LogP contribution in [0.2, 0.25) is 0 Å². The van der Waals surface area contributed by atoms with Gasteiger partial charge in [-0.25, -0.2) is 0 Å². The Kier molecular flexibility index (Phi) is 10.7. The van der Waals surface area contributed by atoms with Crippen molar-refractivity contribution in [3.8, 4) is 5.75 Å². The van der Waals surface area contributed by atoms with E-state index < -0.39 is 0 Å². The first-order valence-electron chi connectivity index (χ1n) is 8.12. The minimum Gasteiger partial charge on any atom is -0.491 e. The molecule has 23 heavy (non-hydrogen) atoms. The van der Waals surface area contributed by atoms with E-state index in [-0.39, 0.29) is 24.4 Å². The average Bonchev–Trinajstić information content (AvgIpc) is 2.49. The molecule has 0 aliphatic heterocycles. The summed E-state index contributed by atoms with van der Waals surface area (Å²) in [6.45, 7) is 10.0. The Morgan fingerprint density at radius 1 is 1.30 bits per heavy atom. The monoisotopic (exact) mass is 342 g/mol. The van der Waals surface area contributed by atoms with Crippen molar-refractivity contribution in [2.45, 2.75) is 46.6 Å². The van der Waals surface area contributed by atoms with Crippen LogP contribution in [0, 0.1) is 13.8 Å². The summed E-state index contributed by atoms with van der Waals surface area (Å²) in [6.07, 6.45) is 2.24. The van der Waals surface area contributed by atoms with Crippen molar-refractivity contribution in [3.05, 3.63) is 29.3 Å². The van der Waals surface area contributed by atoms with E-state index in [1.54, 1.807) is 4.90 Å². The maximum absolute atomic E-state index is 12.1. The van der Waals surface area contributed by atoms with E-state index in [0.29, 0.717) is 13.2 Å². The summed E-state index contributed by atoms with van der Waals surface area (Å²) < 4.78 is 5.93. The van der Waals surface area contributed by atoms with Gasteiger partial charge in [0.1, 0.15) is 12.4 Å². The Morgan fingerprint density at radius 2 is 1.91 bits per heavy atom. The number of para-hydroxylation sites is 1. The molecule has 1 atom stereocenters. The zero-order valence-electron chi connectivity index (χ0n) is 15.0. The van der Waals surface area contributed by atoms with Crippen LogP contribution >= 0.6 is 12.4 Å². The van der Waals surface area contributed by atoms with Gasteiger partial charge in [-0.1, -0.05) is 31.5 Å². The number of carbonyl (C=O) groups excluding carboxylic acids is 1. The summed E-state index contributed by atoms with van der Waals surface area (Å²) in [5.74, 6) is 1.03. The van der Waals surface area contributed by atoms with E-state index in [2.05, 4.69) is 12.2 Å². The van der Waals surface area contributed by atoms with E-state index in [9.17, 15) is 4.79 Å². The number of nitrogens with zero attached hydrogens (tertiary/aromatic N) is 1. The van der Waals surface area contributed by atoms with Crippen LogP contribution in [0.4, 0.5) is 0 Å². The first kappa shape index (κ1) is 21.7. The number of halogens is 1. The average molecular weight is 343 g/mol. The van der Waals surface area contributed by atoms with Crippen LogP contribution in [-0.4, -0.2) is 43.6 Å². The molecule has 1 unspecified atom stereocenters. The Balaban J connectivity index is 0.00000484. The molecule has 5 heteroatoms. The van der Waals surface area contributed by atoms with E-state index in [0.717, 1.165) is 36.3 Å². The molecule has 4 nitrogen and oxygen atoms in total. The molecule has 0 aliphatic carbocycles. The Bertz CT molecular complexity index is 460. The topological polar surface area (TPSA) is 41.6 Å². The van der Waals surface area contributed by atoms with Gasteiger partial charge in [0.15, 0.2) is 0 Å². The highest BCUT2D eigenvalue weighted by molar-refractivity contribution is 5.85. The third-order valence-electron chi connectivity index (χ3n) is 3.92. The van der Waals surface area contributed by atoms with Crippen LogP contribution < -0.4 is 10.1 Å². The fourth-order valence-electron chi connectivity index (χ4n) is 2.21. The van der Waals surface area contributed by atoms with E-state index in [1.165, 1.54) is 0 Å². The largest absolute Gasteiger partial charge is 0.491 e. The second-order valence-corrected chi connectivity index (χ2v) is 5.92. The molecular weight excluding hydrogens is 312 g/mol. The lowest BCUT2D eigenvalue weighted by Crippen LogP contribution is -2.43. The van der Waals surface area contributed by atoms with E-state index in [4.69, 9.17) is 4.74 Å². The van der Waals surface area contributed by atoms with Gasteiger partial charge < -0.3 is 15.0 Å². The van der Waals surface area contributed by atoms with Crippen LogP contribution in [0.1, 0.15) is 37.8 Å². The number of amides is 1. The molecule has 0 bridgehead atoms. The SMILES string of the molecule is CCCCNCC(=O)N(C)C(C)COc1c(C)cccc1C.Cl. The summed E-state index contributed by atoms with van der Waals surface area (Å²) in [5.41, 5.74) is 2.25. The van der Waals surface area contributed by atoms with Crippen LogP contribution in [0.3, 0.4) is 0 Å². The second-order valence-electron chi connectivity index (χ2n) is 5.92. The minimum absolute atomic E-state index is 0. The number of carbonyl (C=O) groups is 1. The molecule has 0 heterocycles. The molecule has 1 aromatic rings. The van der Waals surface area contributed by atoms with Crippen molar-refractivity contribution in [2.75, 3.05) is 26.7 Å². The van der Waals surface area contributed by atoms with Crippen LogP contribution in [0.15, 0.2) is 18.2 Å². The summed E-state index contributed by atoms with van der Waals surface area (Å²) in [7, 11) is 1.84. The van der Waals surface area contributed by atoms with Gasteiger partial charge >= 0.3 is 0 Å². The highest BCUT2D eigenvalue weighted by Crippen LogP contribution is 2.22. The summed E-state index contributed by atoms with van der Waals surface area (Å²) in [5, 5.41) is 3.18. The zero-order valence-corrected chi connectivity index (χ0v) is 15.8. The molecule has 0 radical (unpaired) electrons. The molecule has 1 amide bonds. The normalized spacial score (nSPS) is 11.5. The Labute approximate surface area is 147 Å². The van der Waals surface area contributed by atoms with Crippen molar-refractivity contribution in [3.63, 3.8) is 0 Å². The van der Waals surface area contributed by atoms with Gasteiger partial charge in [-0.2, -0.15) is 0 Å². The van der Waals surface area contributed by atoms with Crippen molar-refractivity contribution >= 4 is 18.3 Å². The predicted molar refractivity (Wildman–Crippen MR) is 98.7 cm³/mol. The van der Waals surface area contributed by atoms with Crippen molar-refractivity contribution in [2.24, 2.45) is 0 Å². The molecule has 0 saturated carbocycles. The number of unbranched alkanes of at least 4 members (excludes halogenated alkanes) is 1. The standard InChI is InChI=1S/C18H30N2O2.ClH/c1-6-7-11-19-12-17(21)20(5)16(4)13-22-18-14(2)9-8-10-15(18)3;/h8-10,16,19H,6-7,11-13H2,1-5H3;1H. The van der Waals surface area contributed by atoms with E-state index in [1.807, 2.05) is 46.0 Å². The van der Waals surface area contributed by atoms with Crippen molar-refractivity contribution in [1.82, 2.24) is 10.2 Å². The summed E-state index contributed by atoms with van der Waals surface area (Å²) >= 11 is 0. The van der Waals surface area contributed by atoms with E-state index >= 15 is 0 Å². The minimum atomic E-state index is 0. The number of hydrogen-bond acceptors (Lipinski definition) is 3. The van der Waals surface area contributed by atoms with Gasteiger partial charge in [-0.3, -0.25) is 4.79 Å². The van der Waals surface area contributed by atoms with Gasteiger partial charge in [0.05, 0.1) is 12.6 Å². The number of benzene rings is 1. The lowest BCUT2D eigenvalue weighted by atomic mass is 10.1. The number of aryl methyl sites for hydroxylation is 2. The lowest BCUT2D eigenvalue weighted by molar-refractivity contribution is -0.131.